The van der Waals surface area contributed by atoms with Crippen molar-refractivity contribution >= 4 is 35.1 Å². The molecule has 0 radical (unpaired) electrons. The van der Waals surface area contributed by atoms with Gasteiger partial charge in [-0.2, -0.15) is 0 Å². The predicted molar refractivity (Wildman–Crippen MR) is 161 cm³/mol. The number of aliphatic imine (C=N–C) groups is 1. The number of piperazine rings is 1. The number of carbonyl (C=O) groups is 3. The van der Waals surface area contributed by atoms with E-state index >= 15 is 0 Å². The first-order valence-electron chi connectivity index (χ1n) is 15.1. The number of carbonyl (C=O) groups excluding carboxylic acids is 3. The lowest BCUT2D eigenvalue weighted by Gasteiger charge is -2.72. The predicted octanol–water partition coefficient (Wildman–Crippen LogP) is 2.73. The van der Waals surface area contributed by atoms with Crippen molar-refractivity contribution in [3.8, 4) is 0 Å². The van der Waals surface area contributed by atoms with Crippen LogP contribution >= 0.6 is 11.3 Å². The van der Waals surface area contributed by atoms with E-state index in [1.807, 2.05) is 15.2 Å². The Bertz CT molecular complexity index is 1570. The summed E-state index contributed by atoms with van der Waals surface area (Å²) in [6, 6.07) is 4.15. The Kier molecular flexibility index (Phi) is 7.00. The van der Waals surface area contributed by atoms with Crippen LogP contribution in [0.3, 0.4) is 0 Å². The quantitative estimate of drug-likeness (QED) is 0.435. The summed E-state index contributed by atoms with van der Waals surface area (Å²) in [6.45, 7) is 8.08. The van der Waals surface area contributed by atoms with Crippen LogP contribution in [0.1, 0.15) is 55.3 Å². The zero-order valence-corrected chi connectivity index (χ0v) is 25.9. The molecule has 1 aromatic heterocycles. The first-order chi connectivity index (χ1) is 21.1. The number of halogens is 1. The Balaban J connectivity index is 1.15. The van der Waals surface area contributed by atoms with E-state index < -0.39 is 12.0 Å². The number of amides is 3. The summed E-state index contributed by atoms with van der Waals surface area (Å²) in [6.07, 6.45) is 4.14. The van der Waals surface area contributed by atoms with E-state index in [-0.39, 0.29) is 41.5 Å². The molecule has 0 unspecified atom stereocenters. The maximum Gasteiger partial charge on any atom is 0.338 e. The number of thiazole rings is 1. The summed E-state index contributed by atoms with van der Waals surface area (Å²) in [7, 11) is 0. The summed E-state index contributed by atoms with van der Waals surface area (Å²) in [5, 5.41) is 8.99. The molecule has 11 nitrogen and oxygen atoms in total. The van der Waals surface area contributed by atoms with E-state index in [0.717, 1.165) is 19.3 Å². The standard InChI is InChI=1S/C31H36FN7O4S/c1-4-43-28(41)24-23(34-26(27-33-8-11-44-27)35-25(24)21-6-5-7-22(32)18(21)2)14-37-9-10-38-20(12-37)13-39(29(38)42)31-15-30(16-31,17-31)36-19(3)40/h5-8,11,20,25H,4,9-10,12-17H2,1-3H3,(H,34,35)(H,36,40)/t20-,25-,30?,31?/m0/s1. The van der Waals surface area contributed by atoms with Gasteiger partial charge in [-0.05, 0) is 50.3 Å². The molecule has 3 saturated carbocycles. The van der Waals surface area contributed by atoms with Crippen LogP contribution in [0, 0.1) is 12.7 Å². The molecule has 2 aromatic rings. The number of fused-ring (bicyclic) bond motifs is 1. The molecule has 2 N–H and O–H groups in total. The van der Waals surface area contributed by atoms with Crippen LogP contribution in [0.5, 0.6) is 0 Å². The number of benzene rings is 1. The number of aromatic nitrogens is 1. The second kappa shape index (κ2) is 10.7. The fraction of sp³-hybridized carbons (Fsp3) is 0.516. The minimum atomic E-state index is -0.773. The number of nitrogens with zero attached hydrogens (tertiary/aromatic N) is 5. The van der Waals surface area contributed by atoms with Crippen LogP contribution in [0.15, 0.2) is 46.0 Å². The highest BCUT2D eigenvalue weighted by atomic mass is 32.1. The normalized spacial score (nSPS) is 29.4. The number of urea groups is 1. The fourth-order valence-electron chi connectivity index (χ4n) is 7.83. The third-order valence-electron chi connectivity index (χ3n) is 9.70. The van der Waals surface area contributed by atoms with Crippen molar-refractivity contribution in [3.63, 3.8) is 0 Å². The lowest BCUT2D eigenvalue weighted by molar-refractivity contribution is -0.164. The zero-order valence-electron chi connectivity index (χ0n) is 25.1. The zero-order chi connectivity index (χ0) is 30.8. The summed E-state index contributed by atoms with van der Waals surface area (Å²) >= 11 is 1.43. The molecule has 8 rings (SSSR count). The molecule has 2 bridgehead atoms. The van der Waals surface area contributed by atoms with Crippen molar-refractivity contribution < 1.29 is 23.5 Å². The molecule has 5 fully saturated rings. The number of nitrogens with one attached hydrogen (secondary N) is 2. The van der Waals surface area contributed by atoms with Crippen molar-refractivity contribution in [1.29, 1.82) is 0 Å². The maximum atomic E-state index is 14.8. The van der Waals surface area contributed by atoms with E-state index in [0.29, 0.717) is 66.0 Å². The smallest absolute Gasteiger partial charge is 0.338 e. The second-order valence-corrected chi connectivity index (χ2v) is 13.5. The topological polar surface area (TPSA) is 119 Å². The van der Waals surface area contributed by atoms with Gasteiger partial charge in [0.2, 0.25) is 5.91 Å². The van der Waals surface area contributed by atoms with Gasteiger partial charge in [-0.3, -0.25) is 14.7 Å². The lowest BCUT2D eigenvalue weighted by atomic mass is 9.43. The molecule has 44 heavy (non-hydrogen) atoms. The van der Waals surface area contributed by atoms with Crippen molar-refractivity contribution in [2.75, 3.05) is 39.3 Å². The molecule has 13 heteroatoms. The molecule has 232 valence electrons. The lowest BCUT2D eigenvalue weighted by Crippen LogP contribution is -2.83. The molecular formula is C31H36FN7O4S. The van der Waals surface area contributed by atoms with Crippen molar-refractivity contribution in [2.24, 2.45) is 4.99 Å². The Morgan fingerprint density at radius 3 is 2.73 bits per heavy atom. The van der Waals surface area contributed by atoms with Crippen LogP contribution in [-0.4, -0.2) is 99.9 Å². The number of esters is 1. The first kappa shape index (κ1) is 28.9. The van der Waals surface area contributed by atoms with Crippen molar-refractivity contribution in [1.82, 2.24) is 30.3 Å². The van der Waals surface area contributed by atoms with Gasteiger partial charge in [0.1, 0.15) is 11.9 Å². The highest BCUT2D eigenvalue weighted by Crippen LogP contribution is 2.64. The van der Waals surface area contributed by atoms with E-state index in [9.17, 15) is 18.8 Å². The van der Waals surface area contributed by atoms with E-state index in [2.05, 4.69) is 20.5 Å². The Morgan fingerprint density at radius 2 is 2.02 bits per heavy atom. The van der Waals surface area contributed by atoms with Crippen LogP contribution < -0.4 is 10.6 Å². The average molecular weight is 622 g/mol. The van der Waals surface area contributed by atoms with E-state index in [4.69, 9.17) is 9.73 Å². The maximum absolute atomic E-state index is 14.8. The van der Waals surface area contributed by atoms with Gasteiger partial charge in [0.15, 0.2) is 10.8 Å². The van der Waals surface area contributed by atoms with Gasteiger partial charge in [-0.15, -0.1) is 11.3 Å². The van der Waals surface area contributed by atoms with Gasteiger partial charge < -0.3 is 25.2 Å². The van der Waals surface area contributed by atoms with Gasteiger partial charge in [-0.25, -0.2) is 19.0 Å². The summed E-state index contributed by atoms with van der Waals surface area (Å²) in [5.74, 6) is -0.364. The summed E-state index contributed by atoms with van der Waals surface area (Å²) in [5.41, 5.74) is 1.72. The number of hydrogen-bond donors (Lipinski definition) is 2. The minimum absolute atomic E-state index is 0.0191. The third-order valence-corrected chi connectivity index (χ3v) is 10.5. The highest BCUT2D eigenvalue weighted by molar-refractivity contribution is 7.11. The number of amidine groups is 1. The summed E-state index contributed by atoms with van der Waals surface area (Å²) in [4.78, 5) is 54.2. The Hall–Kier alpha value is -3.84. The summed E-state index contributed by atoms with van der Waals surface area (Å²) < 4.78 is 20.3. The molecule has 1 aromatic carbocycles. The Morgan fingerprint density at radius 1 is 1.23 bits per heavy atom. The molecule has 3 aliphatic carbocycles. The molecule has 3 amide bonds. The largest absolute Gasteiger partial charge is 0.463 e. The molecular weight excluding hydrogens is 585 g/mol. The highest BCUT2D eigenvalue weighted by Gasteiger charge is 2.73. The number of hydrogen-bond acceptors (Lipinski definition) is 9. The van der Waals surface area contributed by atoms with E-state index in [1.165, 1.54) is 17.4 Å². The first-order valence-corrected chi connectivity index (χ1v) is 16.0. The van der Waals surface area contributed by atoms with Crippen LogP contribution in [0.2, 0.25) is 0 Å². The molecule has 6 aliphatic rings. The Labute approximate surface area is 259 Å². The molecule has 0 spiro atoms. The molecule has 2 atom stereocenters. The van der Waals surface area contributed by atoms with E-state index in [1.54, 1.807) is 39.1 Å². The van der Waals surface area contributed by atoms with Crippen LogP contribution in [-0.2, 0) is 14.3 Å². The van der Waals surface area contributed by atoms with Gasteiger partial charge in [0.05, 0.1) is 23.8 Å². The third kappa shape index (κ3) is 4.68. The minimum Gasteiger partial charge on any atom is -0.463 e. The average Bonchev–Trinajstić information content (AvgIpc) is 3.60. The van der Waals surface area contributed by atoms with Crippen molar-refractivity contribution in [2.45, 2.75) is 63.2 Å². The van der Waals surface area contributed by atoms with Gasteiger partial charge in [0, 0.05) is 62.5 Å². The number of rotatable bonds is 8. The van der Waals surface area contributed by atoms with Crippen LogP contribution in [0.4, 0.5) is 9.18 Å². The monoisotopic (exact) mass is 621 g/mol. The molecule has 2 saturated heterocycles. The second-order valence-electron chi connectivity index (χ2n) is 12.6. The fourth-order valence-corrected chi connectivity index (χ4v) is 8.41. The van der Waals surface area contributed by atoms with Crippen LogP contribution in [0.25, 0.3) is 0 Å². The van der Waals surface area contributed by atoms with Gasteiger partial charge >= 0.3 is 12.0 Å². The molecule has 4 heterocycles. The van der Waals surface area contributed by atoms with Gasteiger partial charge in [0.25, 0.3) is 0 Å². The van der Waals surface area contributed by atoms with Crippen molar-refractivity contribution in [3.05, 3.63) is 63.0 Å². The van der Waals surface area contributed by atoms with Gasteiger partial charge in [-0.1, -0.05) is 12.1 Å². The number of ether oxygens (including phenoxy) is 1. The SMILES string of the molecule is CCOC(=O)C1=C(CN2CCN3C(=O)N(C45CC(NC(C)=O)(C4)C5)C[C@@H]3C2)NC(c2nccs2)=N[C@H]1c1cccc(F)c1C. The molecule has 3 aliphatic heterocycles.